The highest BCUT2D eigenvalue weighted by molar-refractivity contribution is 6.32. The number of carbonyl (C=O) groups excluding carboxylic acids is 1. The predicted molar refractivity (Wildman–Crippen MR) is 68.6 cm³/mol. The molecule has 0 radical (unpaired) electrons. The SMILES string of the molecule is CC1CCN(C(=O)c2ccc(C(F)(F)F)nc2Cl)CC1. The zero-order valence-electron chi connectivity index (χ0n) is 10.9. The first kappa shape index (κ1) is 15.1. The summed E-state index contributed by atoms with van der Waals surface area (Å²) in [6, 6.07) is 1.88. The number of carbonyl (C=O) groups is 1. The molecule has 3 nitrogen and oxygen atoms in total. The minimum absolute atomic E-state index is 0.0224. The zero-order valence-corrected chi connectivity index (χ0v) is 11.6. The van der Waals surface area contributed by atoms with Crippen molar-refractivity contribution in [1.29, 1.82) is 0 Å². The van der Waals surface area contributed by atoms with Gasteiger partial charge in [-0.2, -0.15) is 13.2 Å². The van der Waals surface area contributed by atoms with E-state index in [2.05, 4.69) is 11.9 Å². The van der Waals surface area contributed by atoms with Crippen LogP contribution in [0.2, 0.25) is 5.15 Å². The second-order valence-electron chi connectivity index (χ2n) is 5.01. The van der Waals surface area contributed by atoms with Gasteiger partial charge in [-0.1, -0.05) is 18.5 Å². The van der Waals surface area contributed by atoms with E-state index in [1.54, 1.807) is 4.90 Å². The number of nitrogens with zero attached hydrogens (tertiary/aromatic N) is 2. The fourth-order valence-corrected chi connectivity index (χ4v) is 2.37. The maximum absolute atomic E-state index is 12.5. The third-order valence-corrected chi connectivity index (χ3v) is 3.73. The first-order valence-electron chi connectivity index (χ1n) is 6.32. The quantitative estimate of drug-likeness (QED) is 0.742. The molecule has 1 fully saturated rings. The number of piperidine rings is 1. The molecule has 0 aromatic carbocycles. The van der Waals surface area contributed by atoms with E-state index in [1.165, 1.54) is 0 Å². The van der Waals surface area contributed by atoms with Crippen LogP contribution in [-0.4, -0.2) is 28.9 Å². The average molecular weight is 307 g/mol. The summed E-state index contributed by atoms with van der Waals surface area (Å²) >= 11 is 5.72. The average Bonchev–Trinajstić information content (AvgIpc) is 2.37. The molecule has 0 saturated carbocycles. The molecule has 0 aliphatic carbocycles. The normalized spacial score (nSPS) is 17.4. The number of pyridine rings is 1. The van der Waals surface area contributed by atoms with E-state index < -0.39 is 17.0 Å². The van der Waals surface area contributed by atoms with Crippen LogP contribution in [0.1, 0.15) is 35.8 Å². The van der Waals surface area contributed by atoms with Gasteiger partial charge in [0, 0.05) is 13.1 Å². The van der Waals surface area contributed by atoms with Crippen molar-refractivity contribution >= 4 is 17.5 Å². The van der Waals surface area contributed by atoms with Gasteiger partial charge in [0.15, 0.2) is 0 Å². The van der Waals surface area contributed by atoms with E-state index in [0.29, 0.717) is 19.0 Å². The van der Waals surface area contributed by atoms with Crippen molar-refractivity contribution in [2.45, 2.75) is 25.9 Å². The maximum atomic E-state index is 12.5. The van der Waals surface area contributed by atoms with Crippen LogP contribution in [0.5, 0.6) is 0 Å². The number of hydrogen-bond acceptors (Lipinski definition) is 2. The van der Waals surface area contributed by atoms with E-state index >= 15 is 0 Å². The molecular weight excluding hydrogens is 293 g/mol. The molecule has 1 saturated heterocycles. The van der Waals surface area contributed by atoms with Gasteiger partial charge in [0.05, 0.1) is 5.56 Å². The lowest BCUT2D eigenvalue weighted by atomic mass is 9.99. The number of alkyl halides is 3. The molecule has 0 N–H and O–H groups in total. The molecule has 1 aromatic rings. The largest absolute Gasteiger partial charge is 0.433 e. The Balaban J connectivity index is 2.19. The Hall–Kier alpha value is -1.30. The summed E-state index contributed by atoms with van der Waals surface area (Å²) in [6.45, 7) is 3.29. The van der Waals surface area contributed by atoms with Crippen LogP contribution < -0.4 is 0 Å². The van der Waals surface area contributed by atoms with Crippen molar-refractivity contribution in [2.75, 3.05) is 13.1 Å². The second-order valence-corrected chi connectivity index (χ2v) is 5.37. The smallest absolute Gasteiger partial charge is 0.339 e. The minimum Gasteiger partial charge on any atom is -0.339 e. The monoisotopic (exact) mass is 306 g/mol. The van der Waals surface area contributed by atoms with Crippen molar-refractivity contribution in [1.82, 2.24) is 9.88 Å². The fourth-order valence-electron chi connectivity index (χ4n) is 2.13. The van der Waals surface area contributed by atoms with Crippen molar-refractivity contribution in [3.05, 3.63) is 28.5 Å². The van der Waals surface area contributed by atoms with E-state index in [-0.39, 0.29) is 11.5 Å². The van der Waals surface area contributed by atoms with E-state index in [4.69, 9.17) is 11.6 Å². The lowest BCUT2D eigenvalue weighted by Gasteiger charge is -2.30. The summed E-state index contributed by atoms with van der Waals surface area (Å²) in [6.07, 6.45) is -2.79. The van der Waals surface area contributed by atoms with E-state index in [9.17, 15) is 18.0 Å². The summed E-state index contributed by atoms with van der Waals surface area (Å²) in [5.41, 5.74) is -1.07. The molecule has 2 heterocycles. The number of rotatable bonds is 1. The van der Waals surface area contributed by atoms with Gasteiger partial charge in [-0.25, -0.2) is 4.98 Å². The molecule has 0 spiro atoms. The Morgan fingerprint density at radius 2 is 1.95 bits per heavy atom. The van der Waals surface area contributed by atoms with Crippen molar-refractivity contribution in [3.8, 4) is 0 Å². The molecule has 2 rings (SSSR count). The molecule has 20 heavy (non-hydrogen) atoms. The first-order chi connectivity index (χ1) is 9.29. The molecule has 1 aliphatic rings. The van der Waals surface area contributed by atoms with Crippen molar-refractivity contribution < 1.29 is 18.0 Å². The standard InChI is InChI=1S/C13H14ClF3N2O/c1-8-4-6-19(7-5-8)12(20)9-2-3-10(13(15,16)17)18-11(9)14/h2-3,8H,4-7H2,1H3. The van der Waals surface area contributed by atoms with Crippen LogP contribution in [0, 0.1) is 5.92 Å². The minimum atomic E-state index is -4.56. The fraction of sp³-hybridized carbons (Fsp3) is 0.538. The molecule has 110 valence electrons. The summed E-state index contributed by atoms with van der Waals surface area (Å²) < 4.78 is 37.4. The molecule has 1 amide bonds. The molecule has 0 atom stereocenters. The molecular formula is C13H14ClF3N2O. The third-order valence-electron chi connectivity index (χ3n) is 3.44. The molecule has 0 bridgehead atoms. The number of halogens is 4. The number of likely N-dealkylation sites (tertiary alicyclic amines) is 1. The molecule has 1 aromatic heterocycles. The maximum Gasteiger partial charge on any atom is 0.433 e. The number of aromatic nitrogens is 1. The molecule has 7 heteroatoms. The molecule has 0 unspecified atom stereocenters. The Morgan fingerprint density at radius 3 is 2.45 bits per heavy atom. The van der Waals surface area contributed by atoms with Crippen LogP contribution in [-0.2, 0) is 6.18 Å². The first-order valence-corrected chi connectivity index (χ1v) is 6.70. The Morgan fingerprint density at radius 1 is 1.35 bits per heavy atom. The second kappa shape index (κ2) is 5.60. The van der Waals surface area contributed by atoms with Gasteiger partial charge in [0.25, 0.3) is 5.91 Å². The van der Waals surface area contributed by atoms with E-state index in [0.717, 1.165) is 25.0 Å². The Bertz CT molecular complexity index is 511. The van der Waals surface area contributed by atoms with Gasteiger partial charge < -0.3 is 4.90 Å². The summed E-state index contributed by atoms with van der Waals surface area (Å²) in [7, 11) is 0. The van der Waals surface area contributed by atoms with Gasteiger partial charge in [-0.3, -0.25) is 4.79 Å². The molecule has 1 aliphatic heterocycles. The van der Waals surface area contributed by atoms with E-state index in [1.807, 2.05) is 0 Å². The van der Waals surface area contributed by atoms with Crippen LogP contribution in [0.4, 0.5) is 13.2 Å². The number of hydrogen-bond donors (Lipinski definition) is 0. The van der Waals surface area contributed by atoms with Crippen molar-refractivity contribution in [2.24, 2.45) is 5.92 Å². The van der Waals surface area contributed by atoms with Crippen molar-refractivity contribution in [3.63, 3.8) is 0 Å². The third kappa shape index (κ3) is 3.23. The highest BCUT2D eigenvalue weighted by atomic mass is 35.5. The van der Waals surface area contributed by atoms with Crippen LogP contribution >= 0.6 is 11.6 Å². The van der Waals surface area contributed by atoms with Crippen LogP contribution in [0.3, 0.4) is 0 Å². The highest BCUT2D eigenvalue weighted by Crippen LogP contribution is 2.30. The zero-order chi connectivity index (χ0) is 14.9. The van der Waals surface area contributed by atoms with Gasteiger partial charge in [-0.05, 0) is 30.9 Å². The van der Waals surface area contributed by atoms with Crippen LogP contribution in [0.15, 0.2) is 12.1 Å². The topological polar surface area (TPSA) is 33.2 Å². The lowest BCUT2D eigenvalue weighted by Crippen LogP contribution is -2.38. The van der Waals surface area contributed by atoms with Gasteiger partial charge in [0.2, 0.25) is 0 Å². The number of amides is 1. The lowest BCUT2D eigenvalue weighted by molar-refractivity contribution is -0.141. The summed E-state index contributed by atoms with van der Waals surface area (Å²) in [5.74, 6) is 0.198. The summed E-state index contributed by atoms with van der Waals surface area (Å²) in [4.78, 5) is 17.1. The van der Waals surface area contributed by atoms with Gasteiger partial charge in [0.1, 0.15) is 10.8 Å². The van der Waals surface area contributed by atoms with Gasteiger partial charge in [-0.15, -0.1) is 0 Å². The Labute approximate surface area is 119 Å². The Kier molecular flexibility index (Phi) is 4.22. The van der Waals surface area contributed by atoms with Crippen LogP contribution in [0.25, 0.3) is 0 Å². The summed E-state index contributed by atoms with van der Waals surface area (Å²) in [5, 5.41) is -0.400. The van der Waals surface area contributed by atoms with Gasteiger partial charge >= 0.3 is 6.18 Å². The predicted octanol–water partition coefficient (Wildman–Crippen LogP) is 3.63. The highest BCUT2D eigenvalue weighted by Gasteiger charge is 2.34.